The van der Waals surface area contributed by atoms with Gasteiger partial charge in [-0.25, -0.2) is 0 Å². The summed E-state index contributed by atoms with van der Waals surface area (Å²) in [6.45, 7) is 1.77. The average molecular weight is 233 g/mol. The summed E-state index contributed by atoms with van der Waals surface area (Å²) in [7, 11) is 1.50. The summed E-state index contributed by atoms with van der Waals surface area (Å²) in [4.78, 5) is 11.4. The molecule has 0 unspecified atom stereocenters. The Kier molecular flexibility index (Phi) is 3.78. The summed E-state index contributed by atoms with van der Waals surface area (Å²) in [5.74, 6) is 0.448. The largest absolute Gasteiger partial charge is 0.495 e. The number of hydrogen-bond acceptors (Lipinski definition) is 2. The van der Waals surface area contributed by atoms with Crippen molar-refractivity contribution in [2.24, 2.45) is 0 Å². The number of ketones is 1. The second-order valence-electron chi connectivity index (χ2n) is 2.74. The van der Waals surface area contributed by atoms with E-state index >= 15 is 0 Å². The summed E-state index contributed by atoms with van der Waals surface area (Å²) < 4.78 is 4.97. The number of carbonyl (C=O) groups is 1. The molecule has 0 aliphatic carbocycles. The molecule has 4 heteroatoms. The summed E-state index contributed by atoms with van der Waals surface area (Å²) in [6.07, 6.45) is 0.405. The zero-order chi connectivity index (χ0) is 10.7. The summed E-state index contributed by atoms with van der Waals surface area (Å²) >= 11 is 11.8. The zero-order valence-electron chi connectivity index (χ0n) is 7.93. The topological polar surface area (TPSA) is 26.3 Å². The first-order valence-corrected chi connectivity index (χ1v) is 4.92. The van der Waals surface area contributed by atoms with Crippen molar-refractivity contribution < 1.29 is 9.53 Å². The Morgan fingerprint density at radius 3 is 2.50 bits per heavy atom. The lowest BCUT2D eigenvalue weighted by molar-refractivity contribution is 0.0988. The molecule has 0 atom stereocenters. The average Bonchev–Trinajstić information content (AvgIpc) is 2.19. The van der Waals surface area contributed by atoms with Crippen LogP contribution in [0, 0.1) is 0 Å². The van der Waals surface area contributed by atoms with Crippen LogP contribution in [0.5, 0.6) is 5.75 Å². The summed E-state index contributed by atoms with van der Waals surface area (Å²) in [6, 6.07) is 3.08. The van der Waals surface area contributed by atoms with Crippen molar-refractivity contribution in [2.45, 2.75) is 13.3 Å². The molecule has 2 nitrogen and oxygen atoms in total. The summed E-state index contributed by atoms with van der Waals surface area (Å²) in [5.41, 5.74) is 0.444. The van der Waals surface area contributed by atoms with Crippen molar-refractivity contribution >= 4 is 29.0 Å². The lowest BCUT2D eigenvalue weighted by Crippen LogP contribution is -1.98. The van der Waals surface area contributed by atoms with E-state index in [4.69, 9.17) is 27.9 Å². The van der Waals surface area contributed by atoms with E-state index in [1.807, 2.05) is 0 Å². The molecule has 0 amide bonds. The lowest BCUT2D eigenvalue weighted by atomic mass is 10.1. The number of Topliss-reactive ketones (excluding diaryl/α,β-unsaturated/α-hetero) is 1. The van der Waals surface area contributed by atoms with Crippen LogP contribution < -0.4 is 4.74 Å². The summed E-state index contributed by atoms with van der Waals surface area (Å²) in [5, 5.41) is 0.770. The molecular formula is C10H10Cl2O2. The third kappa shape index (κ3) is 2.20. The van der Waals surface area contributed by atoms with E-state index in [1.165, 1.54) is 13.2 Å². The number of ether oxygens (including phenoxy) is 1. The van der Waals surface area contributed by atoms with Gasteiger partial charge >= 0.3 is 0 Å². The minimum absolute atomic E-state index is 0.0282. The Morgan fingerprint density at radius 2 is 2.00 bits per heavy atom. The van der Waals surface area contributed by atoms with Crippen molar-refractivity contribution in [2.75, 3.05) is 7.11 Å². The predicted octanol–water partition coefficient (Wildman–Crippen LogP) is 3.59. The molecule has 14 heavy (non-hydrogen) atoms. The highest BCUT2D eigenvalue weighted by molar-refractivity contribution is 6.36. The number of hydrogen-bond donors (Lipinski definition) is 0. The van der Waals surface area contributed by atoms with Crippen molar-refractivity contribution in [1.29, 1.82) is 0 Å². The Bertz CT molecular complexity index is 361. The molecule has 0 bridgehead atoms. The van der Waals surface area contributed by atoms with Crippen molar-refractivity contribution in [3.8, 4) is 5.75 Å². The molecule has 0 spiro atoms. The van der Waals surface area contributed by atoms with Gasteiger partial charge < -0.3 is 4.74 Å². The van der Waals surface area contributed by atoms with Crippen LogP contribution in [0.1, 0.15) is 23.7 Å². The smallest absolute Gasteiger partial charge is 0.164 e. The fourth-order valence-electron chi connectivity index (χ4n) is 1.09. The van der Waals surface area contributed by atoms with Crippen molar-refractivity contribution in [3.05, 3.63) is 27.7 Å². The Hall–Kier alpha value is -0.730. The van der Waals surface area contributed by atoms with Crippen molar-refractivity contribution in [1.82, 2.24) is 0 Å². The van der Waals surface area contributed by atoms with Gasteiger partial charge in [0.2, 0.25) is 0 Å². The number of methoxy groups -OCH3 is 1. The van der Waals surface area contributed by atoms with Crippen LogP contribution in [-0.2, 0) is 0 Å². The molecule has 0 aliphatic heterocycles. The zero-order valence-corrected chi connectivity index (χ0v) is 9.45. The molecule has 1 aromatic rings. The molecule has 0 aliphatic rings. The van der Waals surface area contributed by atoms with Gasteiger partial charge in [-0.3, -0.25) is 4.79 Å². The second-order valence-corrected chi connectivity index (χ2v) is 3.56. The minimum Gasteiger partial charge on any atom is -0.495 e. The predicted molar refractivity (Wildman–Crippen MR) is 57.6 cm³/mol. The molecule has 0 radical (unpaired) electrons. The van der Waals surface area contributed by atoms with Gasteiger partial charge in [0.05, 0.1) is 17.2 Å². The van der Waals surface area contributed by atoms with E-state index in [0.717, 1.165) is 0 Å². The normalized spacial score (nSPS) is 10.0. The van der Waals surface area contributed by atoms with E-state index in [9.17, 15) is 4.79 Å². The highest BCUT2D eigenvalue weighted by Crippen LogP contribution is 2.31. The number of rotatable bonds is 3. The third-order valence-corrected chi connectivity index (χ3v) is 2.47. The van der Waals surface area contributed by atoms with E-state index < -0.39 is 0 Å². The minimum atomic E-state index is -0.0282. The van der Waals surface area contributed by atoms with Gasteiger partial charge in [0.15, 0.2) is 5.78 Å². The van der Waals surface area contributed by atoms with Gasteiger partial charge in [0.25, 0.3) is 0 Å². The van der Waals surface area contributed by atoms with Gasteiger partial charge in [-0.2, -0.15) is 0 Å². The van der Waals surface area contributed by atoms with Gasteiger partial charge in [0.1, 0.15) is 5.75 Å². The number of benzene rings is 1. The molecule has 0 saturated heterocycles. The van der Waals surface area contributed by atoms with Crippen LogP contribution in [0.15, 0.2) is 12.1 Å². The van der Waals surface area contributed by atoms with Crippen LogP contribution in [0.25, 0.3) is 0 Å². The third-order valence-electron chi connectivity index (χ3n) is 1.86. The fraction of sp³-hybridized carbons (Fsp3) is 0.300. The molecule has 0 N–H and O–H groups in total. The second kappa shape index (κ2) is 4.67. The van der Waals surface area contributed by atoms with E-state index in [-0.39, 0.29) is 5.78 Å². The molecule has 0 saturated carbocycles. The molecule has 0 heterocycles. The number of carbonyl (C=O) groups excluding carboxylic acids is 1. The monoisotopic (exact) mass is 232 g/mol. The van der Waals surface area contributed by atoms with Crippen LogP contribution >= 0.6 is 23.2 Å². The first kappa shape index (κ1) is 11.3. The molecular weight excluding hydrogens is 223 g/mol. The lowest BCUT2D eigenvalue weighted by Gasteiger charge is -2.07. The molecule has 0 fully saturated rings. The molecule has 1 aromatic carbocycles. The standard InChI is InChI=1S/C10H10Cl2O2/c1-3-9(13)6-4-8(12)10(14-2)5-7(6)11/h4-5H,3H2,1-2H3. The highest BCUT2D eigenvalue weighted by Gasteiger charge is 2.12. The Balaban J connectivity index is 3.21. The van der Waals surface area contributed by atoms with E-state index in [0.29, 0.717) is 27.8 Å². The SMILES string of the molecule is CCC(=O)c1cc(Cl)c(OC)cc1Cl. The van der Waals surface area contributed by atoms with Crippen molar-refractivity contribution in [3.63, 3.8) is 0 Å². The Morgan fingerprint density at radius 1 is 1.36 bits per heavy atom. The maximum atomic E-state index is 11.4. The van der Waals surface area contributed by atoms with Gasteiger partial charge in [0, 0.05) is 18.1 Å². The van der Waals surface area contributed by atoms with Gasteiger partial charge in [-0.1, -0.05) is 30.1 Å². The van der Waals surface area contributed by atoms with Crippen LogP contribution in [-0.4, -0.2) is 12.9 Å². The highest BCUT2D eigenvalue weighted by atomic mass is 35.5. The van der Waals surface area contributed by atoms with Gasteiger partial charge in [-0.05, 0) is 6.07 Å². The van der Waals surface area contributed by atoms with E-state index in [1.54, 1.807) is 13.0 Å². The van der Waals surface area contributed by atoms with E-state index in [2.05, 4.69) is 0 Å². The van der Waals surface area contributed by atoms with Crippen LogP contribution in [0.3, 0.4) is 0 Å². The van der Waals surface area contributed by atoms with Crippen LogP contribution in [0.2, 0.25) is 10.0 Å². The van der Waals surface area contributed by atoms with Crippen LogP contribution in [0.4, 0.5) is 0 Å². The first-order chi connectivity index (χ1) is 6.60. The molecule has 1 rings (SSSR count). The quantitative estimate of drug-likeness (QED) is 0.745. The van der Waals surface area contributed by atoms with Gasteiger partial charge in [-0.15, -0.1) is 0 Å². The molecule has 0 aromatic heterocycles. The maximum absolute atomic E-state index is 11.4. The molecule has 76 valence electrons. The first-order valence-electron chi connectivity index (χ1n) is 4.16. The Labute approximate surface area is 92.8 Å². The fourth-order valence-corrected chi connectivity index (χ4v) is 1.59. The number of halogens is 2. The maximum Gasteiger partial charge on any atom is 0.164 e.